The topological polar surface area (TPSA) is 49.7 Å². The van der Waals surface area contributed by atoms with Crippen LogP contribution >= 0.6 is 0 Å². The number of allylic oxidation sites excluding steroid dienone is 2. The van der Waals surface area contributed by atoms with Gasteiger partial charge in [0.1, 0.15) is 5.76 Å². The Labute approximate surface area is 104 Å². The quantitative estimate of drug-likeness (QED) is 0.763. The summed E-state index contributed by atoms with van der Waals surface area (Å²) in [4.78, 5) is 16.2. The van der Waals surface area contributed by atoms with E-state index in [0.29, 0.717) is 24.3 Å². The summed E-state index contributed by atoms with van der Waals surface area (Å²) in [6.45, 7) is 6.24. The first-order valence-corrected chi connectivity index (χ1v) is 6.42. The Morgan fingerprint density at radius 1 is 1.47 bits per heavy atom. The van der Waals surface area contributed by atoms with E-state index in [-0.39, 0.29) is 17.5 Å². The zero-order valence-electron chi connectivity index (χ0n) is 11.3. The van der Waals surface area contributed by atoms with Crippen LogP contribution in [-0.2, 0) is 4.79 Å². The number of aliphatic hydroxyl groups excluding tert-OH is 1. The Morgan fingerprint density at radius 2 is 2.12 bits per heavy atom. The SMILES string of the molecule is CCCC(=NC)C1=C(O)CC(C(C)C)CC1=O. The van der Waals surface area contributed by atoms with Crippen molar-refractivity contribution in [2.45, 2.75) is 46.5 Å². The van der Waals surface area contributed by atoms with E-state index in [9.17, 15) is 9.90 Å². The van der Waals surface area contributed by atoms with E-state index < -0.39 is 0 Å². The third kappa shape index (κ3) is 3.18. The van der Waals surface area contributed by atoms with Gasteiger partial charge in [-0.3, -0.25) is 9.79 Å². The molecule has 0 saturated carbocycles. The van der Waals surface area contributed by atoms with E-state index in [1.165, 1.54) is 0 Å². The maximum absolute atomic E-state index is 12.1. The van der Waals surface area contributed by atoms with Crippen LogP contribution in [0.4, 0.5) is 0 Å². The molecule has 0 aliphatic heterocycles. The first-order valence-electron chi connectivity index (χ1n) is 6.42. The molecule has 0 aromatic heterocycles. The van der Waals surface area contributed by atoms with Crippen molar-refractivity contribution < 1.29 is 9.90 Å². The summed E-state index contributed by atoms with van der Waals surface area (Å²) < 4.78 is 0. The molecular formula is C14H23NO2. The van der Waals surface area contributed by atoms with Gasteiger partial charge in [-0.2, -0.15) is 0 Å². The lowest BCUT2D eigenvalue weighted by molar-refractivity contribution is -0.117. The third-order valence-corrected chi connectivity index (χ3v) is 3.46. The highest BCUT2D eigenvalue weighted by atomic mass is 16.3. The highest BCUT2D eigenvalue weighted by Gasteiger charge is 2.31. The predicted molar refractivity (Wildman–Crippen MR) is 70.5 cm³/mol. The fourth-order valence-corrected chi connectivity index (χ4v) is 2.31. The molecule has 0 radical (unpaired) electrons. The number of nitrogens with zero attached hydrogens (tertiary/aromatic N) is 1. The number of carbonyl (C=O) groups excluding carboxylic acids is 1. The Balaban J connectivity index is 2.99. The van der Waals surface area contributed by atoms with Crippen LogP contribution in [0.15, 0.2) is 16.3 Å². The molecule has 3 nitrogen and oxygen atoms in total. The second-order valence-electron chi connectivity index (χ2n) is 5.08. The summed E-state index contributed by atoms with van der Waals surface area (Å²) in [5.74, 6) is 0.998. The molecule has 0 aromatic rings. The molecule has 1 N–H and O–H groups in total. The van der Waals surface area contributed by atoms with Crippen molar-refractivity contribution in [3.63, 3.8) is 0 Å². The van der Waals surface area contributed by atoms with Crippen LogP contribution in [0.5, 0.6) is 0 Å². The predicted octanol–water partition coefficient (Wildman–Crippen LogP) is 3.30. The van der Waals surface area contributed by atoms with Crippen molar-refractivity contribution in [3.05, 3.63) is 11.3 Å². The number of rotatable bonds is 4. The van der Waals surface area contributed by atoms with E-state index in [1.54, 1.807) is 7.05 Å². The van der Waals surface area contributed by atoms with Gasteiger partial charge in [-0.1, -0.05) is 27.2 Å². The largest absolute Gasteiger partial charge is 0.511 e. The molecule has 0 saturated heterocycles. The van der Waals surface area contributed by atoms with Gasteiger partial charge in [0.25, 0.3) is 0 Å². The number of ketones is 1. The number of Topliss-reactive ketones (excluding diaryl/α,β-unsaturated/α-hetero) is 1. The molecule has 1 atom stereocenters. The monoisotopic (exact) mass is 237 g/mol. The van der Waals surface area contributed by atoms with E-state index in [2.05, 4.69) is 18.8 Å². The van der Waals surface area contributed by atoms with Gasteiger partial charge in [0.2, 0.25) is 0 Å². The second kappa shape index (κ2) is 5.99. The fourth-order valence-electron chi connectivity index (χ4n) is 2.31. The summed E-state index contributed by atoms with van der Waals surface area (Å²) in [5.41, 5.74) is 1.25. The molecule has 0 heterocycles. The van der Waals surface area contributed by atoms with Crippen molar-refractivity contribution in [1.82, 2.24) is 0 Å². The summed E-state index contributed by atoms with van der Waals surface area (Å²) in [6.07, 6.45) is 2.85. The minimum atomic E-state index is 0.0569. The van der Waals surface area contributed by atoms with Crippen molar-refractivity contribution in [2.24, 2.45) is 16.8 Å². The first-order chi connectivity index (χ1) is 8.01. The number of aliphatic hydroxyl groups is 1. The highest BCUT2D eigenvalue weighted by Crippen LogP contribution is 2.31. The number of hydrogen-bond acceptors (Lipinski definition) is 3. The van der Waals surface area contributed by atoms with E-state index in [0.717, 1.165) is 18.6 Å². The van der Waals surface area contributed by atoms with Gasteiger partial charge in [0.05, 0.1) is 5.57 Å². The van der Waals surface area contributed by atoms with Crippen LogP contribution in [0.3, 0.4) is 0 Å². The van der Waals surface area contributed by atoms with E-state index >= 15 is 0 Å². The Morgan fingerprint density at radius 3 is 2.53 bits per heavy atom. The number of hydrogen-bond donors (Lipinski definition) is 1. The Hall–Kier alpha value is -1.12. The summed E-state index contributed by atoms with van der Waals surface area (Å²) in [5, 5.41) is 10.1. The lowest BCUT2D eigenvalue weighted by atomic mass is 9.79. The molecule has 3 heteroatoms. The lowest BCUT2D eigenvalue weighted by Gasteiger charge is -2.26. The van der Waals surface area contributed by atoms with Gasteiger partial charge in [0.15, 0.2) is 5.78 Å². The van der Waals surface area contributed by atoms with Crippen molar-refractivity contribution in [2.75, 3.05) is 7.05 Å². The van der Waals surface area contributed by atoms with Gasteiger partial charge < -0.3 is 5.11 Å². The minimum Gasteiger partial charge on any atom is -0.511 e. The smallest absolute Gasteiger partial charge is 0.168 e. The van der Waals surface area contributed by atoms with Gasteiger partial charge in [-0.05, 0) is 18.3 Å². The third-order valence-electron chi connectivity index (χ3n) is 3.46. The normalized spacial score (nSPS) is 22.5. The molecule has 96 valence electrons. The molecule has 1 rings (SSSR count). The molecule has 17 heavy (non-hydrogen) atoms. The molecule has 0 aromatic carbocycles. The average molecular weight is 237 g/mol. The maximum atomic E-state index is 12.1. The molecule has 0 bridgehead atoms. The van der Waals surface area contributed by atoms with Crippen molar-refractivity contribution in [3.8, 4) is 0 Å². The van der Waals surface area contributed by atoms with Crippen molar-refractivity contribution >= 4 is 11.5 Å². The summed E-state index contributed by atoms with van der Waals surface area (Å²) >= 11 is 0. The Kier molecular flexibility index (Phi) is 4.91. The van der Waals surface area contributed by atoms with Gasteiger partial charge >= 0.3 is 0 Å². The minimum absolute atomic E-state index is 0.0569. The van der Waals surface area contributed by atoms with Crippen LogP contribution < -0.4 is 0 Å². The summed E-state index contributed by atoms with van der Waals surface area (Å²) in [7, 11) is 1.69. The highest BCUT2D eigenvalue weighted by molar-refractivity contribution is 6.23. The standard InChI is InChI=1S/C14H23NO2/c1-5-6-11(15-4)14-12(16)7-10(9(2)3)8-13(14)17/h9-10,16H,5-8H2,1-4H3. The zero-order valence-corrected chi connectivity index (χ0v) is 11.3. The van der Waals surface area contributed by atoms with Crippen LogP contribution in [-0.4, -0.2) is 23.6 Å². The summed E-state index contributed by atoms with van der Waals surface area (Å²) in [6, 6.07) is 0. The van der Waals surface area contributed by atoms with Gasteiger partial charge in [-0.15, -0.1) is 0 Å². The molecule has 1 aliphatic rings. The van der Waals surface area contributed by atoms with E-state index in [1.807, 2.05) is 6.92 Å². The average Bonchev–Trinajstić information content (AvgIpc) is 2.26. The van der Waals surface area contributed by atoms with Crippen LogP contribution in [0.25, 0.3) is 0 Å². The fraction of sp³-hybridized carbons (Fsp3) is 0.714. The number of carbonyl (C=O) groups is 1. The molecule has 1 aliphatic carbocycles. The molecule has 0 spiro atoms. The van der Waals surface area contributed by atoms with E-state index in [4.69, 9.17) is 0 Å². The molecule has 0 fully saturated rings. The zero-order chi connectivity index (χ0) is 13.0. The second-order valence-corrected chi connectivity index (χ2v) is 5.08. The van der Waals surface area contributed by atoms with Crippen LogP contribution in [0.2, 0.25) is 0 Å². The van der Waals surface area contributed by atoms with Gasteiger partial charge in [-0.25, -0.2) is 0 Å². The molecular weight excluding hydrogens is 214 g/mol. The molecule has 1 unspecified atom stereocenters. The van der Waals surface area contributed by atoms with Gasteiger partial charge in [0, 0.05) is 25.6 Å². The first kappa shape index (κ1) is 13.9. The maximum Gasteiger partial charge on any atom is 0.168 e. The van der Waals surface area contributed by atoms with Crippen molar-refractivity contribution in [1.29, 1.82) is 0 Å². The number of aliphatic imine (C=N–C) groups is 1. The Bertz CT molecular complexity index is 353. The van der Waals surface area contributed by atoms with Crippen LogP contribution in [0, 0.1) is 11.8 Å². The lowest BCUT2D eigenvalue weighted by Crippen LogP contribution is -2.27. The van der Waals surface area contributed by atoms with Crippen LogP contribution in [0.1, 0.15) is 46.5 Å². The molecule has 0 amide bonds.